The van der Waals surface area contributed by atoms with Gasteiger partial charge in [-0.15, -0.1) is 0 Å². The lowest BCUT2D eigenvalue weighted by Gasteiger charge is -2.11. The molecule has 0 bridgehead atoms. The summed E-state index contributed by atoms with van der Waals surface area (Å²) in [6.45, 7) is 7.58. The summed E-state index contributed by atoms with van der Waals surface area (Å²) in [6, 6.07) is 8.60. The third-order valence-electron chi connectivity index (χ3n) is 2.60. The van der Waals surface area contributed by atoms with E-state index in [-0.39, 0.29) is 0 Å². The molecule has 0 radical (unpaired) electrons. The summed E-state index contributed by atoms with van der Waals surface area (Å²) in [7, 11) is 4.17. The van der Waals surface area contributed by atoms with Gasteiger partial charge in [-0.1, -0.05) is 24.3 Å². The van der Waals surface area contributed by atoms with E-state index in [2.05, 4.69) is 72.7 Å². The SMILES string of the molecule is CCNC(=NCc1cccc(CN(C)C)c1)NCC. The largest absolute Gasteiger partial charge is 0.357 e. The molecular weight excluding hydrogens is 236 g/mol. The van der Waals surface area contributed by atoms with E-state index in [1.165, 1.54) is 11.1 Å². The van der Waals surface area contributed by atoms with Gasteiger partial charge in [0.2, 0.25) is 0 Å². The fraction of sp³-hybridized carbons (Fsp3) is 0.533. The predicted molar refractivity (Wildman–Crippen MR) is 82.3 cm³/mol. The topological polar surface area (TPSA) is 39.7 Å². The molecule has 0 aliphatic heterocycles. The Kier molecular flexibility index (Phi) is 6.97. The van der Waals surface area contributed by atoms with Crippen molar-refractivity contribution in [3.8, 4) is 0 Å². The first-order valence-corrected chi connectivity index (χ1v) is 6.90. The standard InChI is InChI=1S/C15H26N4/c1-5-16-15(17-6-2)18-11-13-8-7-9-14(10-13)12-19(3)4/h7-10H,5-6,11-12H2,1-4H3,(H2,16,17,18). The minimum absolute atomic E-state index is 0.705. The second-order valence-corrected chi connectivity index (χ2v) is 4.78. The number of aliphatic imine (C=N–C) groups is 1. The van der Waals surface area contributed by atoms with Crippen LogP contribution in [0.1, 0.15) is 25.0 Å². The summed E-state index contributed by atoms with van der Waals surface area (Å²) in [5.41, 5.74) is 2.57. The van der Waals surface area contributed by atoms with Crippen LogP contribution in [0.2, 0.25) is 0 Å². The van der Waals surface area contributed by atoms with Gasteiger partial charge in [-0.05, 0) is 39.1 Å². The van der Waals surface area contributed by atoms with Crippen LogP contribution in [0.25, 0.3) is 0 Å². The van der Waals surface area contributed by atoms with E-state index in [4.69, 9.17) is 0 Å². The Morgan fingerprint density at radius 3 is 2.32 bits per heavy atom. The van der Waals surface area contributed by atoms with Gasteiger partial charge < -0.3 is 15.5 Å². The molecule has 0 saturated carbocycles. The number of guanidine groups is 1. The molecule has 0 atom stereocenters. The highest BCUT2D eigenvalue weighted by molar-refractivity contribution is 5.79. The number of nitrogens with zero attached hydrogens (tertiary/aromatic N) is 2. The van der Waals surface area contributed by atoms with E-state index < -0.39 is 0 Å². The van der Waals surface area contributed by atoms with Crippen LogP contribution < -0.4 is 10.6 Å². The van der Waals surface area contributed by atoms with Gasteiger partial charge in [0, 0.05) is 19.6 Å². The van der Waals surface area contributed by atoms with E-state index >= 15 is 0 Å². The van der Waals surface area contributed by atoms with Crippen molar-refractivity contribution in [1.82, 2.24) is 15.5 Å². The summed E-state index contributed by atoms with van der Waals surface area (Å²) in [5, 5.41) is 6.46. The Balaban J connectivity index is 2.67. The zero-order chi connectivity index (χ0) is 14.1. The Bertz CT molecular complexity index is 391. The fourth-order valence-corrected chi connectivity index (χ4v) is 1.87. The molecular formula is C15H26N4. The van der Waals surface area contributed by atoms with E-state index in [0.717, 1.165) is 25.6 Å². The Morgan fingerprint density at radius 1 is 1.11 bits per heavy atom. The summed E-state index contributed by atoms with van der Waals surface area (Å²) >= 11 is 0. The third-order valence-corrected chi connectivity index (χ3v) is 2.60. The van der Waals surface area contributed by atoms with Crippen LogP contribution in [-0.2, 0) is 13.1 Å². The van der Waals surface area contributed by atoms with E-state index in [1.807, 2.05) is 0 Å². The van der Waals surface area contributed by atoms with Crippen molar-refractivity contribution in [2.24, 2.45) is 4.99 Å². The first-order chi connectivity index (χ1) is 9.15. The highest BCUT2D eigenvalue weighted by Gasteiger charge is 1.99. The molecule has 0 aliphatic rings. The molecule has 4 heteroatoms. The van der Waals surface area contributed by atoms with Gasteiger partial charge in [0.25, 0.3) is 0 Å². The average Bonchev–Trinajstić information content (AvgIpc) is 2.36. The number of nitrogens with one attached hydrogen (secondary N) is 2. The van der Waals surface area contributed by atoms with Crippen molar-refractivity contribution in [2.75, 3.05) is 27.2 Å². The quantitative estimate of drug-likeness (QED) is 0.607. The second kappa shape index (κ2) is 8.53. The Morgan fingerprint density at radius 2 is 1.74 bits per heavy atom. The lowest BCUT2D eigenvalue weighted by molar-refractivity contribution is 0.402. The number of benzene rings is 1. The molecule has 1 rings (SSSR count). The van der Waals surface area contributed by atoms with E-state index in [0.29, 0.717) is 6.54 Å². The van der Waals surface area contributed by atoms with Crippen molar-refractivity contribution >= 4 is 5.96 Å². The summed E-state index contributed by atoms with van der Waals surface area (Å²) in [6.07, 6.45) is 0. The predicted octanol–water partition coefficient (Wildman–Crippen LogP) is 1.82. The maximum atomic E-state index is 4.57. The molecule has 106 valence electrons. The summed E-state index contributed by atoms with van der Waals surface area (Å²) in [5.74, 6) is 0.878. The number of hydrogen-bond acceptors (Lipinski definition) is 2. The molecule has 0 aromatic heterocycles. The summed E-state index contributed by atoms with van der Waals surface area (Å²) in [4.78, 5) is 6.75. The molecule has 2 N–H and O–H groups in total. The van der Waals surface area contributed by atoms with Crippen molar-refractivity contribution in [1.29, 1.82) is 0 Å². The summed E-state index contributed by atoms with van der Waals surface area (Å²) < 4.78 is 0. The highest BCUT2D eigenvalue weighted by atomic mass is 15.2. The molecule has 0 amide bonds. The maximum Gasteiger partial charge on any atom is 0.191 e. The van der Waals surface area contributed by atoms with Crippen LogP contribution in [0.3, 0.4) is 0 Å². The van der Waals surface area contributed by atoms with Gasteiger partial charge in [0.05, 0.1) is 6.54 Å². The molecule has 1 aromatic rings. The minimum Gasteiger partial charge on any atom is -0.357 e. The van der Waals surface area contributed by atoms with Crippen LogP contribution in [0, 0.1) is 0 Å². The Hall–Kier alpha value is -1.55. The first kappa shape index (κ1) is 15.5. The van der Waals surface area contributed by atoms with Crippen LogP contribution in [0.4, 0.5) is 0 Å². The van der Waals surface area contributed by atoms with Crippen LogP contribution in [0.15, 0.2) is 29.3 Å². The molecule has 19 heavy (non-hydrogen) atoms. The van der Waals surface area contributed by atoms with E-state index in [9.17, 15) is 0 Å². The molecule has 0 aliphatic carbocycles. The molecule has 0 heterocycles. The maximum absolute atomic E-state index is 4.57. The number of hydrogen-bond donors (Lipinski definition) is 2. The fourth-order valence-electron chi connectivity index (χ4n) is 1.87. The molecule has 0 unspecified atom stereocenters. The Labute approximate surface area is 116 Å². The zero-order valence-corrected chi connectivity index (χ0v) is 12.5. The monoisotopic (exact) mass is 262 g/mol. The van der Waals surface area contributed by atoms with Crippen molar-refractivity contribution in [3.63, 3.8) is 0 Å². The van der Waals surface area contributed by atoms with Gasteiger partial charge in [-0.3, -0.25) is 0 Å². The number of rotatable bonds is 6. The van der Waals surface area contributed by atoms with Gasteiger partial charge in [0.15, 0.2) is 5.96 Å². The van der Waals surface area contributed by atoms with Crippen molar-refractivity contribution < 1.29 is 0 Å². The smallest absolute Gasteiger partial charge is 0.191 e. The van der Waals surface area contributed by atoms with Gasteiger partial charge >= 0.3 is 0 Å². The lowest BCUT2D eigenvalue weighted by Crippen LogP contribution is -2.36. The molecule has 0 saturated heterocycles. The van der Waals surface area contributed by atoms with E-state index in [1.54, 1.807) is 0 Å². The van der Waals surface area contributed by atoms with Crippen LogP contribution in [-0.4, -0.2) is 38.0 Å². The van der Waals surface area contributed by atoms with Gasteiger partial charge in [-0.2, -0.15) is 0 Å². The molecule has 0 spiro atoms. The third kappa shape index (κ3) is 6.25. The van der Waals surface area contributed by atoms with Crippen molar-refractivity contribution in [2.45, 2.75) is 26.9 Å². The van der Waals surface area contributed by atoms with Crippen LogP contribution >= 0.6 is 0 Å². The first-order valence-electron chi connectivity index (χ1n) is 6.90. The molecule has 0 fully saturated rings. The average molecular weight is 262 g/mol. The molecule has 1 aromatic carbocycles. The van der Waals surface area contributed by atoms with Gasteiger partial charge in [-0.25, -0.2) is 4.99 Å². The second-order valence-electron chi connectivity index (χ2n) is 4.78. The minimum atomic E-state index is 0.705. The lowest BCUT2D eigenvalue weighted by atomic mass is 10.1. The molecule has 4 nitrogen and oxygen atoms in total. The normalized spacial score (nSPS) is 10.4. The van der Waals surface area contributed by atoms with Crippen LogP contribution in [0.5, 0.6) is 0 Å². The van der Waals surface area contributed by atoms with Crippen molar-refractivity contribution in [3.05, 3.63) is 35.4 Å². The zero-order valence-electron chi connectivity index (χ0n) is 12.5. The van der Waals surface area contributed by atoms with Gasteiger partial charge in [0.1, 0.15) is 0 Å². The highest BCUT2D eigenvalue weighted by Crippen LogP contribution is 2.08.